The van der Waals surface area contributed by atoms with Crippen LogP contribution in [-0.2, 0) is 6.54 Å². The van der Waals surface area contributed by atoms with Crippen LogP contribution >= 0.6 is 0 Å². The highest BCUT2D eigenvalue weighted by Gasteiger charge is 2.16. The Kier molecular flexibility index (Phi) is 4.92. The van der Waals surface area contributed by atoms with E-state index in [4.69, 9.17) is 5.84 Å². The second kappa shape index (κ2) is 6.68. The number of piperazine rings is 1. The Balaban J connectivity index is 1.83. The van der Waals surface area contributed by atoms with Crippen LogP contribution in [0.2, 0.25) is 0 Å². The van der Waals surface area contributed by atoms with Gasteiger partial charge in [0.2, 0.25) is 0 Å². The van der Waals surface area contributed by atoms with Crippen molar-refractivity contribution in [3.05, 3.63) is 24.0 Å². The number of hydrogen-bond acceptors (Lipinski definition) is 5. The lowest BCUT2D eigenvalue weighted by Crippen LogP contribution is -2.46. The fourth-order valence-electron chi connectivity index (χ4n) is 2.37. The van der Waals surface area contributed by atoms with E-state index in [1.165, 1.54) is 26.1 Å². The summed E-state index contributed by atoms with van der Waals surface area (Å²) in [5.74, 6) is 5.41. The van der Waals surface area contributed by atoms with Crippen molar-refractivity contribution in [1.82, 2.24) is 14.8 Å². The summed E-state index contributed by atoms with van der Waals surface area (Å²) in [6.07, 6.45) is 3.05. The molecule has 0 aromatic carbocycles. The van der Waals surface area contributed by atoms with Crippen LogP contribution in [0.3, 0.4) is 0 Å². The summed E-state index contributed by atoms with van der Waals surface area (Å²) in [7, 11) is 0. The zero-order valence-electron chi connectivity index (χ0n) is 11.1. The highest BCUT2D eigenvalue weighted by atomic mass is 15.3. The SMILES string of the molecule is CCCN1CCN(Cc2cc(NN)ccn2)CC1. The second-order valence-corrected chi connectivity index (χ2v) is 4.80. The van der Waals surface area contributed by atoms with Crippen molar-refractivity contribution in [3.8, 4) is 0 Å². The number of aromatic nitrogens is 1. The van der Waals surface area contributed by atoms with Crippen LogP contribution in [0.1, 0.15) is 19.0 Å². The molecular formula is C13H23N5. The number of nitrogens with zero attached hydrogens (tertiary/aromatic N) is 3. The van der Waals surface area contributed by atoms with Gasteiger partial charge in [0.15, 0.2) is 0 Å². The van der Waals surface area contributed by atoms with E-state index in [2.05, 4.69) is 27.1 Å². The van der Waals surface area contributed by atoms with Gasteiger partial charge in [-0.1, -0.05) is 6.92 Å². The molecular weight excluding hydrogens is 226 g/mol. The highest BCUT2D eigenvalue weighted by molar-refractivity contribution is 5.41. The van der Waals surface area contributed by atoms with Crippen molar-refractivity contribution >= 4 is 5.69 Å². The molecule has 2 heterocycles. The molecule has 0 saturated carbocycles. The van der Waals surface area contributed by atoms with Crippen molar-refractivity contribution in [2.45, 2.75) is 19.9 Å². The largest absolute Gasteiger partial charge is 0.324 e. The van der Waals surface area contributed by atoms with Gasteiger partial charge in [0.1, 0.15) is 0 Å². The molecule has 1 aliphatic heterocycles. The summed E-state index contributed by atoms with van der Waals surface area (Å²) in [5, 5.41) is 0. The highest BCUT2D eigenvalue weighted by Crippen LogP contribution is 2.10. The predicted octanol–water partition coefficient (Wildman–Crippen LogP) is 0.895. The number of nitrogens with one attached hydrogen (secondary N) is 1. The van der Waals surface area contributed by atoms with Gasteiger partial charge >= 0.3 is 0 Å². The normalized spacial score (nSPS) is 17.9. The Bertz CT molecular complexity index is 360. The van der Waals surface area contributed by atoms with Gasteiger partial charge in [0, 0.05) is 38.9 Å². The quantitative estimate of drug-likeness (QED) is 0.600. The van der Waals surface area contributed by atoms with Gasteiger partial charge in [-0.3, -0.25) is 15.7 Å². The number of hydrazine groups is 1. The third-order valence-corrected chi connectivity index (χ3v) is 3.37. The zero-order valence-corrected chi connectivity index (χ0v) is 11.1. The fourth-order valence-corrected chi connectivity index (χ4v) is 2.37. The van der Waals surface area contributed by atoms with Crippen molar-refractivity contribution in [3.63, 3.8) is 0 Å². The molecule has 1 fully saturated rings. The van der Waals surface area contributed by atoms with Crippen LogP contribution in [0.25, 0.3) is 0 Å². The molecule has 18 heavy (non-hydrogen) atoms. The Labute approximate surface area is 109 Å². The Morgan fingerprint density at radius 3 is 2.67 bits per heavy atom. The first-order valence-electron chi connectivity index (χ1n) is 6.68. The number of nitrogen functional groups attached to an aromatic ring is 1. The Hall–Kier alpha value is -1.17. The van der Waals surface area contributed by atoms with Gasteiger partial charge in [-0.15, -0.1) is 0 Å². The Morgan fingerprint density at radius 1 is 1.28 bits per heavy atom. The predicted molar refractivity (Wildman–Crippen MR) is 74.1 cm³/mol. The van der Waals surface area contributed by atoms with Gasteiger partial charge < -0.3 is 10.3 Å². The third kappa shape index (κ3) is 3.66. The molecule has 0 amide bonds. The number of rotatable bonds is 5. The van der Waals surface area contributed by atoms with Crippen molar-refractivity contribution in [2.24, 2.45) is 5.84 Å². The van der Waals surface area contributed by atoms with Gasteiger partial charge in [-0.05, 0) is 25.1 Å². The summed E-state index contributed by atoms with van der Waals surface area (Å²) in [6.45, 7) is 8.96. The second-order valence-electron chi connectivity index (χ2n) is 4.80. The van der Waals surface area contributed by atoms with Gasteiger partial charge in [0.05, 0.1) is 11.4 Å². The molecule has 1 saturated heterocycles. The molecule has 0 atom stereocenters. The van der Waals surface area contributed by atoms with Crippen LogP contribution in [0.4, 0.5) is 5.69 Å². The summed E-state index contributed by atoms with van der Waals surface area (Å²) in [4.78, 5) is 9.37. The standard InChI is InChI=1S/C13H23N5/c1-2-5-17-6-8-18(9-7-17)11-13-10-12(16-14)3-4-15-13/h3-4,10H,2,5-9,11,14H2,1H3,(H,15,16). The molecule has 3 N–H and O–H groups in total. The minimum absolute atomic E-state index is 0.912. The average molecular weight is 249 g/mol. The smallest absolute Gasteiger partial charge is 0.0564 e. The maximum atomic E-state index is 5.41. The summed E-state index contributed by atoms with van der Waals surface area (Å²) >= 11 is 0. The van der Waals surface area contributed by atoms with E-state index in [9.17, 15) is 0 Å². The molecule has 0 bridgehead atoms. The van der Waals surface area contributed by atoms with Gasteiger partial charge in [-0.2, -0.15) is 0 Å². The molecule has 5 nitrogen and oxygen atoms in total. The lowest BCUT2D eigenvalue weighted by Gasteiger charge is -2.34. The summed E-state index contributed by atoms with van der Waals surface area (Å²) in [6, 6.07) is 3.89. The first-order chi connectivity index (χ1) is 8.81. The van der Waals surface area contributed by atoms with E-state index in [1.807, 2.05) is 12.1 Å². The molecule has 1 aromatic rings. The molecule has 1 aromatic heterocycles. The fraction of sp³-hybridized carbons (Fsp3) is 0.615. The van der Waals surface area contributed by atoms with E-state index in [0.717, 1.165) is 31.0 Å². The van der Waals surface area contributed by atoms with Gasteiger partial charge in [-0.25, -0.2) is 0 Å². The van der Waals surface area contributed by atoms with Crippen LogP contribution in [0.5, 0.6) is 0 Å². The lowest BCUT2D eigenvalue weighted by atomic mass is 10.2. The monoisotopic (exact) mass is 249 g/mol. The van der Waals surface area contributed by atoms with Crippen molar-refractivity contribution in [2.75, 3.05) is 38.1 Å². The van der Waals surface area contributed by atoms with E-state index in [1.54, 1.807) is 6.20 Å². The van der Waals surface area contributed by atoms with E-state index >= 15 is 0 Å². The van der Waals surface area contributed by atoms with E-state index in [0.29, 0.717) is 0 Å². The van der Waals surface area contributed by atoms with Gasteiger partial charge in [0.25, 0.3) is 0 Å². The van der Waals surface area contributed by atoms with Crippen LogP contribution in [0, 0.1) is 0 Å². The van der Waals surface area contributed by atoms with Crippen molar-refractivity contribution in [1.29, 1.82) is 0 Å². The van der Waals surface area contributed by atoms with E-state index < -0.39 is 0 Å². The molecule has 0 radical (unpaired) electrons. The van der Waals surface area contributed by atoms with E-state index in [-0.39, 0.29) is 0 Å². The lowest BCUT2D eigenvalue weighted by molar-refractivity contribution is 0.126. The summed E-state index contributed by atoms with van der Waals surface area (Å²) in [5.41, 5.74) is 4.66. The molecule has 2 rings (SSSR count). The third-order valence-electron chi connectivity index (χ3n) is 3.37. The molecule has 0 spiro atoms. The topological polar surface area (TPSA) is 57.4 Å². The zero-order chi connectivity index (χ0) is 12.8. The minimum atomic E-state index is 0.912. The average Bonchev–Trinajstić information content (AvgIpc) is 2.42. The number of nitrogens with two attached hydrogens (primary N) is 1. The maximum Gasteiger partial charge on any atom is 0.0564 e. The number of hydrogen-bond donors (Lipinski definition) is 2. The Morgan fingerprint density at radius 2 is 2.00 bits per heavy atom. The number of pyridine rings is 1. The molecule has 1 aliphatic rings. The summed E-state index contributed by atoms with van der Waals surface area (Å²) < 4.78 is 0. The van der Waals surface area contributed by atoms with Crippen molar-refractivity contribution < 1.29 is 0 Å². The van der Waals surface area contributed by atoms with Crippen LogP contribution < -0.4 is 11.3 Å². The number of anilines is 1. The minimum Gasteiger partial charge on any atom is -0.324 e. The first-order valence-corrected chi connectivity index (χ1v) is 6.68. The molecule has 5 heteroatoms. The molecule has 0 aliphatic carbocycles. The first kappa shape index (κ1) is 13.3. The van der Waals surface area contributed by atoms with Crippen LogP contribution in [0.15, 0.2) is 18.3 Å². The maximum absolute atomic E-state index is 5.41. The molecule has 0 unspecified atom stereocenters. The molecule has 100 valence electrons. The van der Waals surface area contributed by atoms with Crippen LogP contribution in [-0.4, -0.2) is 47.5 Å².